The van der Waals surface area contributed by atoms with Gasteiger partial charge in [-0.1, -0.05) is 52.3 Å². The van der Waals surface area contributed by atoms with Crippen LogP contribution in [0.1, 0.15) is 40.7 Å². The minimum Gasteiger partial charge on any atom is -0.374 e. The van der Waals surface area contributed by atoms with Gasteiger partial charge in [-0.05, 0) is 61.1 Å². The van der Waals surface area contributed by atoms with Gasteiger partial charge in [0.25, 0.3) is 0 Å². The fourth-order valence-corrected chi connectivity index (χ4v) is 4.34. The smallest absolute Gasteiger partial charge is 0.185 e. The molecular formula is C23H22BrNO. The molecule has 0 spiro atoms. The van der Waals surface area contributed by atoms with Gasteiger partial charge in [0.15, 0.2) is 5.78 Å². The first-order valence-electron chi connectivity index (χ1n) is 9.27. The number of hydrogen-bond acceptors (Lipinski definition) is 2. The topological polar surface area (TPSA) is 20.3 Å². The molecule has 1 saturated heterocycles. The van der Waals surface area contributed by atoms with E-state index in [9.17, 15) is 4.79 Å². The fraction of sp³-hybridized carbons (Fsp3) is 0.261. The first kappa shape index (κ1) is 17.3. The van der Waals surface area contributed by atoms with Crippen LogP contribution < -0.4 is 0 Å². The van der Waals surface area contributed by atoms with Gasteiger partial charge in [-0.3, -0.25) is 4.79 Å². The number of carbonyl (C=O) groups is 1. The maximum absolute atomic E-state index is 12.6. The van der Waals surface area contributed by atoms with Gasteiger partial charge in [0.2, 0.25) is 0 Å². The molecule has 0 unspecified atom stereocenters. The Balaban J connectivity index is 1.70. The lowest BCUT2D eigenvalue weighted by Gasteiger charge is -2.29. The van der Waals surface area contributed by atoms with E-state index in [2.05, 4.69) is 45.1 Å². The molecule has 1 fully saturated rings. The number of carbonyl (C=O) groups excluding carboxylic acids is 1. The highest BCUT2D eigenvalue weighted by molar-refractivity contribution is 9.10. The number of aryl methyl sites for hydroxylation is 1. The van der Waals surface area contributed by atoms with E-state index in [4.69, 9.17) is 0 Å². The molecular weight excluding hydrogens is 386 g/mol. The van der Waals surface area contributed by atoms with Crippen molar-refractivity contribution in [3.8, 4) is 0 Å². The van der Waals surface area contributed by atoms with Crippen molar-refractivity contribution >= 4 is 27.3 Å². The van der Waals surface area contributed by atoms with Gasteiger partial charge in [0.1, 0.15) is 0 Å². The summed E-state index contributed by atoms with van der Waals surface area (Å²) in [5, 5.41) is 0. The molecule has 0 aromatic heterocycles. The van der Waals surface area contributed by atoms with Crippen LogP contribution in [0.15, 0.2) is 70.9 Å². The summed E-state index contributed by atoms with van der Waals surface area (Å²) in [4.78, 5) is 15.1. The van der Waals surface area contributed by atoms with E-state index < -0.39 is 0 Å². The van der Waals surface area contributed by atoms with Crippen molar-refractivity contribution in [1.29, 1.82) is 0 Å². The molecule has 2 aliphatic rings. The number of halogens is 1. The first-order valence-corrected chi connectivity index (χ1v) is 10.1. The molecule has 4 rings (SSSR count). The second-order valence-electron chi connectivity index (χ2n) is 6.92. The molecule has 0 saturated carbocycles. The summed E-state index contributed by atoms with van der Waals surface area (Å²) >= 11 is 3.44. The predicted molar refractivity (Wildman–Crippen MR) is 110 cm³/mol. The summed E-state index contributed by atoms with van der Waals surface area (Å²) in [5.41, 5.74) is 5.99. The summed E-state index contributed by atoms with van der Waals surface area (Å²) in [6, 6.07) is 16.2. The molecule has 3 heteroatoms. The van der Waals surface area contributed by atoms with Gasteiger partial charge < -0.3 is 4.90 Å². The van der Waals surface area contributed by atoms with Crippen LogP contribution >= 0.6 is 15.9 Å². The number of hydrogen-bond donors (Lipinski definition) is 0. The normalized spacial score (nSPS) is 17.0. The van der Waals surface area contributed by atoms with Crippen molar-refractivity contribution in [2.24, 2.45) is 0 Å². The summed E-state index contributed by atoms with van der Waals surface area (Å²) in [6.45, 7) is 2.27. The van der Waals surface area contributed by atoms with Crippen LogP contribution in [-0.4, -0.2) is 23.8 Å². The molecule has 0 bridgehead atoms. The van der Waals surface area contributed by atoms with Gasteiger partial charge in [-0.2, -0.15) is 0 Å². The standard InChI is InChI=1S/C23H22BrNO/c24-19-8-5-7-18(16-19)23(26)13-11-21-20-9-2-1-6-17(20)10-12-22(21)25-14-3-4-15-25/h1-2,5-9,11,13,16H,3-4,10,12,14-15H2/b13-11+. The number of fused-ring (bicyclic) bond motifs is 1. The lowest BCUT2D eigenvalue weighted by molar-refractivity contribution is 0.104. The zero-order valence-electron chi connectivity index (χ0n) is 14.7. The molecule has 1 heterocycles. The second-order valence-corrected chi connectivity index (χ2v) is 7.84. The maximum Gasteiger partial charge on any atom is 0.185 e. The van der Waals surface area contributed by atoms with Crippen molar-refractivity contribution in [3.05, 3.63) is 87.5 Å². The second kappa shape index (κ2) is 7.63. The monoisotopic (exact) mass is 407 g/mol. The fourth-order valence-electron chi connectivity index (χ4n) is 3.94. The quantitative estimate of drug-likeness (QED) is 0.482. The summed E-state index contributed by atoms with van der Waals surface area (Å²) in [6.07, 6.45) is 8.43. The minimum absolute atomic E-state index is 0.0441. The largest absolute Gasteiger partial charge is 0.374 e. The van der Waals surface area contributed by atoms with E-state index in [1.807, 2.05) is 30.3 Å². The Morgan fingerprint density at radius 3 is 2.62 bits per heavy atom. The van der Waals surface area contributed by atoms with Crippen molar-refractivity contribution in [2.45, 2.75) is 25.7 Å². The summed E-state index contributed by atoms with van der Waals surface area (Å²) in [5.74, 6) is 0.0441. The first-order chi connectivity index (χ1) is 12.7. The lowest BCUT2D eigenvalue weighted by Crippen LogP contribution is -2.22. The number of benzene rings is 2. The van der Waals surface area contributed by atoms with Crippen LogP contribution in [-0.2, 0) is 6.42 Å². The lowest BCUT2D eigenvalue weighted by atomic mass is 9.87. The number of nitrogens with zero attached hydrogens (tertiary/aromatic N) is 1. The van der Waals surface area contributed by atoms with E-state index >= 15 is 0 Å². The van der Waals surface area contributed by atoms with E-state index in [1.54, 1.807) is 6.08 Å². The van der Waals surface area contributed by atoms with Crippen molar-refractivity contribution in [3.63, 3.8) is 0 Å². The number of ketones is 1. The third kappa shape index (κ3) is 3.54. The summed E-state index contributed by atoms with van der Waals surface area (Å²) in [7, 11) is 0. The summed E-state index contributed by atoms with van der Waals surface area (Å²) < 4.78 is 0.928. The van der Waals surface area contributed by atoms with E-state index in [-0.39, 0.29) is 5.78 Å². The van der Waals surface area contributed by atoms with Crippen molar-refractivity contribution in [2.75, 3.05) is 13.1 Å². The highest BCUT2D eigenvalue weighted by Crippen LogP contribution is 2.35. The number of likely N-dealkylation sites (tertiary alicyclic amines) is 1. The third-order valence-corrected chi connectivity index (χ3v) is 5.74. The van der Waals surface area contributed by atoms with Crippen LogP contribution in [0, 0.1) is 0 Å². The minimum atomic E-state index is 0.0441. The number of allylic oxidation sites excluding steroid dienone is 4. The van der Waals surface area contributed by atoms with Crippen LogP contribution in [0.2, 0.25) is 0 Å². The molecule has 1 aliphatic carbocycles. The van der Waals surface area contributed by atoms with Crippen LogP contribution in [0.25, 0.3) is 5.57 Å². The molecule has 0 atom stereocenters. The molecule has 0 amide bonds. The van der Waals surface area contributed by atoms with Crippen molar-refractivity contribution < 1.29 is 4.79 Å². The molecule has 0 radical (unpaired) electrons. The zero-order chi connectivity index (χ0) is 17.9. The SMILES string of the molecule is O=C(/C=C/C1=C(N2CCCC2)CCc2ccccc21)c1cccc(Br)c1. The number of rotatable bonds is 4. The van der Waals surface area contributed by atoms with Gasteiger partial charge in [0.05, 0.1) is 0 Å². The van der Waals surface area contributed by atoms with Crippen molar-refractivity contribution in [1.82, 2.24) is 4.90 Å². The maximum atomic E-state index is 12.6. The van der Waals surface area contributed by atoms with E-state index in [0.717, 1.165) is 30.4 Å². The van der Waals surface area contributed by atoms with E-state index in [0.29, 0.717) is 5.56 Å². The average molecular weight is 408 g/mol. The molecule has 132 valence electrons. The molecule has 0 N–H and O–H groups in total. The van der Waals surface area contributed by atoms with Crippen LogP contribution in [0.4, 0.5) is 0 Å². The van der Waals surface area contributed by atoms with Crippen LogP contribution in [0.5, 0.6) is 0 Å². The molecule has 2 aromatic carbocycles. The Hall–Kier alpha value is -2.13. The Morgan fingerprint density at radius 1 is 1.00 bits per heavy atom. The Labute approximate surface area is 163 Å². The molecule has 2 nitrogen and oxygen atoms in total. The predicted octanol–water partition coefficient (Wildman–Crippen LogP) is 5.64. The third-order valence-electron chi connectivity index (χ3n) is 5.25. The average Bonchev–Trinajstić information content (AvgIpc) is 3.20. The Kier molecular flexibility index (Phi) is 5.07. The van der Waals surface area contributed by atoms with Gasteiger partial charge in [0, 0.05) is 34.4 Å². The highest BCUT2D eigenvalue weighted by atomic mass is 79.9. The van der Waals surface area contributed by atoms with Gasteiger partial charge in [-0.15, -0.1) is 0 Å². The molecule has 26 heavy (non-hydrogen) atoms. The Morgan fingerprint density at radius 2 is 1.81 bits per heavy atom. The van der Waals surface area contributed by atoms with E-state index in [1.165, 1.54) is 35.2 Å². The van der Waals surface area contributed by atoms with Gasteiger partial charge >= 0.3 is 0 Å². The van der Waals surface area contributed by atoms with Crippen LogP contribution in [0.3, 0.4) is 0 Å². The zero-order valence-corrected chi connectivity index (χ0v) is 16.3. The highest BCUT2D eigenvalue weighted by Gasteiger charge is 2.23. The van der Waals surface area contributed by atoms with Gasteiger partial charge in [-0.25, -0.2) is 0 Å². The Bertz CT molecular complexity index is 891. The molecule has 1 aliphatic heterocycles. The molecule has 2 aromatic rings.